The second kappa shape index (κ2) is 5.05. The van der Waals surface area contributed by atoms with Gasteiger partial charge in [-0.05, 0) is 43.5 Å². The van der Waals surface area contributed by atoms with E-state index in [1.54, 1.807) is 0 Å². The molecule has 0 fully saturated rings. The van der Waals surface area contributed by atoms with Crippen LogP contribution >= 0.6 is 0 Å². The lowest BCUT2D eigenvalue weighted by Gasteiger charge is -2.19. The summed E-state index contributed by atoms with van der Waals surface area (Å²) in [4.78, 5) is 0. The molecule has 0 bridgehead atoms. The first-order valence-electron chi connectivity index (χ1n) is 6.06. The highest BCUT2D eigenvalue weighted by atomic mass is 14.9. The molecule has 0 aliphatic carbocycles. The third-order valence-corrected chi connectivity index (χ3v) is 3.17. The fourth-order valence-electron chi connectivity index (χ4n) is 2.12. The fourth-order valence-corrected chi connectivity index (χ4v) is 2.12. The molecule has 2 aromatic rings. The minimum absolute atomic E-state index is 0.331. The Morgan fingerprint density at radius 1 is 0.824 bits per heavy atom. The monoisotopic (exact) mass is 225 g/mol. The Morgan fingerprint density at radius 3 is 2.06 bits per heavy atom. The quantitative estimate of drug-likeness (QED) is 0.812. The molecule has 0 spiro atoms. The van der Waals surface area contributed by atoms with Gasteiger partial charge in [-0.3, -0.25) is 0 Å². The molecule has 0 radical (unpaired) electrons. The van der Waals surface area contributed by atoms with Gasteiger partial charge in [0, 0.05) is 11.7 Å². The van der Waals surface area contributed by atoms with Crippen molar-refractivity contribution in [3.05, 3.63) is 65.2 Å². The van der Waals surface area contributed by atoms with Crippen LogP contribution in [0.1, 0.15) is 29.7 Å². The third-order valence-electron chi connectivity index (χ3n) is 3.17. The number of anilines is 1. The van der Waals surface area contributed by atoms with E-state index in [-0.39, 0.29) is 0 Å². The predicted molar refractivity (Wildman–Crippen MR) is 74.4 cm³/mol. The van der Waals surface area contributed by atoms with Crippen molar-refractivity contribution in [3.8, 4) is 0 Å². The highest BCUT2D eigenvalue weighted by Gasteiger charge is 2.08. The van der Waals surface area contributed by atoms with Gasteiger partial charge in [-0.1, -0.05) is 42.5 Å². The van der Waals surface area contributed by atoms with Crippen LogP contribution in [0, 0.1) is 13.8 Å². The standard InChI is InChI=1S/C16H19N/c1-12-8-4-6-10-15(12)14(3)17-16-11-7-5-9-13(16)2/h4-11,14,17H,1-3H3. The van der Waals surface area contributed by atoms with Crippen molar-refractivity contribution in [2.45, 2.75) is 26.8 Å². The zero-order valence-corrected chi connectivity index (χ0v) is 10.7. The SMILES string of the molecule is Cc1ccccc1NC(C)c1ccccc1C. The van der Waals surface area contributed by atoms with Gasteiger partial charge in [0.15, 0.2) is 0 Å². The molecule has 1 heteroatoms. The van der Waals surface area contributed by atoms with E-state index in [4.69, 9.17) is 0 Å². The summed E-state index contributed by atoms with van der Waals surface area (Å²) in [5, 5.41) is 3.57. The highest BCUT2D eigenvalue weighted by molar-refractivity contribution is 5.52. The molecule has 0 saturated heterocycles. The van der Waals surface area contributed by atoms with Gasteiger partial charge in [0.05, 0.1) is 0 Å². The number of hydrogen-bond acceptors (Lipinski definition) is 1. The topological polar surface area (TPSA) is 12.0 Å². The van der Waals surface area contributed by atoms with Gasteiger partial charge < -0.3 is 5.32 Å². The van der Waals surface area contributed by atoms with Gasteiger partial charge in [-0.2, -0.15) is 0 Å². The number of nitrogens with one attached hydrogen (secondary N) is 1. The average Bonchev–Trinajstić information content (AvgIpc) is 2.32. The average molecular weight is 225 g/mol. The van der Waals surface area contributed by atoms with Gasteiger partial charge in [-0.25, -0.2) is 0 Å². The number of aryl methyl sites for hydroxylation is 2. The van der Waals surface area contributed by atoms with E-state index < -0.39 is 0 Å². The maximum atomic E-state index is 3.57. The Balaban J connectivity index is 2.20. The maximum absolute atomic E-state index is 3.57. The van der Waals surface area contributed by atoms with Gasteiger partial charge in [-0.15, -0.1) is 0 Å². The Labute approximate surface area is 103 Å². The molecular weight excluding hydrogens is 206 g/mol. The van der Waals surface area contributed by atoms with E-state index >= 15 is 0 Å². The van der Waals surface area contributed by atoms with E-state index in [1.165, 1.54) is 22.4 Å². The summed E-state index contributed by atoms with van der Waals surface area (Å²) in [7, 11) is 0. The molecule has 88 valence electrons. The lowest BCUT2D eigenvalue weighted by molar-refractivity contribution is 0.872. The summed E-state index contributed by atoms with van der Waals surface area (Å²) in [5.74, 6) is 0. The summed E-state index contributed by atoms with van der Waals surface area (Å²) in [6, 6.07) is 17.3. The van der Waals surface area contributed by atoms with Gasteiger partial charge in [0.1, 0.15) is 0 Å². The first-order chi connectivity index (χ1) is 8.18. The molecule has 1 unspecified atom stereocenters. The van der Waals surface area contributed by atoms with Gasteiger partial charge in [0.2, 0.25) is 0 Å². The number of benzene rings is 2. The molecule has 1 nitrogen and oxygen atoms in total. The van der Waals surface area contributed by atoms with Crippen molar-refractivity contribution in [2.75, 3.05) is 5.32 Å². The first-order valence-corrected chi connectivity index (χ1v) is 6.06. The summed E-state index contributed by atoms with van der Waals surface area (Å²) < 4.78 is 0. The van der Waals surface area contributed by atoms with Gasteiger partial charge >= 0.3 is 0 Å². The largest absolute Gasteiger partial charge is 0.378 e. The van der Waals surface area contributed by atoms with Crippen LogP contribution in [0.3, 0.4) is 0 Å². The van der Waals surface area contributed by atoms with Crippen molar-refractivity contribution in [1.82, 2.24) is 0 Å². The molecule has 1 N–H and O–H groups in total. The zero-order valence-electron chi connectivity index (χ0n) is 10.7. The van der Waals surface area contributed by atoms with Crippen molar-refractivity contribution in [2.24, 2.45) is 0 Å². The van der Waals surface area contributed by atoms with Crippen molar-refractivity contribution >= 4 is 5.69 Å². The molecule has 2 aromatic carbocycles. The lowest BCUT2D eigenvalue weighted by atomic mass is 10.0. The van der Waals surface area contributed by atoms with Crippen LogP contribution in [0.25, 0.3) is 0 Å². The Bertz CT molecular complexity index is 502. The summed E-state index contributed by atoms with van der Waals surface area (Å²) in [6.07, 6.45) is 0. The molecule has 1 atom stereocenters. The Morgan fingerprint density at radius 2 is 1.41 bits per heavy atom. The van der Waals surface area contributed by atoms with E-state index in [9.17, 15) is 0 Å². The van der Waals surface area contributed by atoms with Gasteiger partial charge in [0.25, 0.3) is 0 Å². The molecule has 0 aliphatic heterocycles. The molecule has 0 saturated carbocycles. The highest BCUT2D eigenvalue weighted by Crippen LogP contribution is 2.23. The molecule has 0 heterocycles. The first kappa shape index (κ1) is 11.7. The second-order valence-electron chi connectivity index (χ2n) is 4.54. The Hall–Kier alpha value is -1.76. The summed E-state index contributed by atoms with van der Waals surface area (Å²) in [6.45, 7) is 6.49. The van der Waals surface area contributed by atoms with Crippen LogP contribution in [-0.2, 0) is 0 Å². The molecular formula is C16H19N. The fraction of sp³-hybridized carbons (Fsp3) is 0.250. The number of rotatable bonds is 3. The van der Waals surface area contributed by atoms with E-state index in [2.05, 4.69) is 74.6 Å². The predicted octanol–water partition coefficient (Wildman–Crippen LogP) is 4.48. The van der Waals surface area contributed by atoms with Crippen molar-refractivity contribution in [3.63, 3.8) is 0 Å². The minimum Gasteiger partial charge on any atom is -0.378 e. The van der Waals surface area contributed by atoms with E-state index in [0.717, 1.165) is 0 Å². The molecule has 0 aliphatic rings. The normalized spacial score (nSPS) is 12.2. The van der Waals surface area contributed by atoms with Crippen LogP contribution in [0.15, 0.2) is 48.5 Å². The minimum atomic E-state index is 0.331. The van der Waals surface area contributed by atoms with Crippen LogP contribution in [-0.4, -0.2) is 0 Å². The van der Waals surface area contributed by atoms with E-state index in [0.29, 0.717) is 6.04 Å². The lowest BCUT2D eigenvalue weighted by Crippen LogP contribution is -2.08. The van der Waals surface area contributed by atoms with Crippen molar-refractivity contribution < 1.29 is 0 Å². The van der Waals surface area contributed by atoms with E-state index in [1.807, 2.05) is 0 Å². The Kier molecular flexibility index (Phi) is 3.48. The third kappa shape index (κ3) is 2.68. The smallest absolute Gasteiger partial charge is 0.0488 e. The number of para-hydroxylation sites is 1. The maximum Gasteiger partial charge on any atom is 0.0488 e. The number of hydrogen-bond donors (Lipinski definition) is 1. The zero-order chi connectivity index (χ0) is 12.3. The molecule has 2 rings (SSSR count). The van der Waals surface area contributed by atoms with Crippen molar-refractivity contribution in [1.29, 1.82) is 0 Å². The van der Waals surface area contributed by atoms with Crippen LogP contribution in [0.4, 0.5) is 5.69 Å². The summed E-state index contributed by atoms with van der Waals surface area (Å²) in [5.41, 5.74) is 5.19. The second-order valence-corrected chi connectivity index (χ2v) is 4.54. The van der Waals surface area contributed by atoms with Crippen LogP contribution < -0.4 is 5.32 Å². The van der Waals surface area contributed by atoms with Crippen LogP contribution in [0.5, 0.6) is 0 Å². The molecule has 0 amide bonds. The van der Waals surface area contributed by atoms with Crippen LogP contribution in [0.2, 0.25) is 0 Å². The summed E-state index contributed by atoms with van der Waals surface area (Å²) >= 11 is 0. The molecule has 17 heavy (non-hydrogen) atoms. The molecule has 0 aromatic heterocycles.